The van der Waals surface area contributed by atoms with Crippen molar-refractivity contribution in [2.45, 2.75) is 45.1 Å². The molecule has 0 radical (unpaired) electrons. The third kappa shape index (κ3) is 4.80. The van der Waals surface area contributed by atoms with Gasteiger partial charge in [-0.05, 0) is 43.5 Å². The number of urea groups is 1. The molecule has 0 heterocycles. The second-order valence-corrected chi connectivity index (χ2v) is 5.38. The van der Waals surface area contributed by atoms with Gasteiger partial charge in [0.15, 0.2) is 0 Å². The highest BCUT2D eigenvalue weighted by molar-refractivity contribution is 5.89. The quantitative estimate of drug-likeness (QED) is 0.748. The SMILES string of the molecule is Cc1cc(NC(=O)NC2CCCC2)ccc1C#CCCO. The van der Waals surface area contributed by atoms with Gasteiger partial charge in [0.1, 0.15) is 0 Å². The molecule has 1 fully saturated rings. The Hall–Kier alpha value is -1.99. The van der Waals surface area contributed by atoms with Gasteiger partial charge < -0.3 is 15.7 Å². The number of amides is 2. The lowest BCUT2D eigenvalue weighted by Crippen LogP contribution is -2.36. The molecule has 3 N–H and O–H groups in total. The normalized spacial score (nSPS) is 14.4. The van der Waals surface area contributed by atoms with Gasteiger partial charge in [-0.25, -0.2) is 4.79 Å². The van der Waals surface area contributed by atoms with Crippen molar-refractivity contribution in [2.24, 2.45) is 0 Å². The summed E-state index contributed by atoms with van der Waals surface area (Å²) in [6.45, 7) is 2.04. The number of aliphatic hydroxyl groups excluding tert-OH is 1. The van der Waals surface area contributed by atoms with E-state index in [1.54, 1.807) is 0 Å². The minimum atomic E-state index is -0.139. The fraction of sp³-hybridized carbons (Fsp3) is 0.471. The van der Waals surface area contributed by atoms with Crippen LogP contribution in [0.5, 0.6) is 0 Å². The van der Waals surface area contributed by atoms with E-state index >= 15 is 0 Å². The lowest BCUT2D eigenvalue weighted by molar-refractivity contribution is 0.248. The van der Waals surface area contributed by atoms with Crippen LogP contribution in [0.1, 0.15) is 43.2 Å². The molecule has 1 aromatic carbocycles. The Balaban J connectivity index is 1.93. The number of aryl methyl sites for hydroxylation is 1. The first-order chi connectivity index (χ1) is 10.2. The lowest BCUT2D eigenvalue weighted by Gasteiger charge is -2.13. The fourth-order valence-electron chi connectivity index (χ4n) is 2.52. The second kappa shape index (κ2) is 7.70. The van der Waals surface area contributed by atoms with Crippen molar-refractivity contribution in [2.75, 3.05) is 11.9 Å². The van der Waals surface area contributed by atoms with E-state index in [-0.39, 0.29) is 12.6 Å². The monoisotopic (exact) mass is 286 g/mol. The van der Waals surface area contributed by atoms with Crippen LogP contribution < -0.4 is 10.6 Å². The molecular formula is C17H22N2O2. The fourth-order valence-corrected chi connectivity index (χ4v) is 2.52. The molecule has 0 atom stereocenters. The molecule has 4 nitrogen and oxygen atoms in total. The predicted molar refractivity (Wildman–Crippen MR) is 84.2 cm³/mol. The van der Waals surface area contributed by atoms with Crippen molar-refractivity contribution in [1.29, 1.82) is 0 Å². The Labute approximate surface area is 125 Å². The van der Waals surface area contributed by atoms with Gasteiger partial charge >= 0.3 is 6.03 Å². The summed E-state index contributed by atoms with van der Waals surface area (Å²) in [5, 5.41) is 14.6. The number of anilines is 1. The minimum Gasteiger partial charge on any atom is -0.395 e. The summed E-state index contributed by atoms with van der Waals surface area (Å²) in [4.78, 5) is 11.9. The number of aliphatic hydroxyl groups is 1. The molecule has 1 aliphatic rings. The third-order valence-corrected chi connectivity index (χ3v) is 3.63. The van der Waals surface area contributed by atoms with Crippen molar-refractivity contribution in [1.82, 2.24) is 5.32 Å². The smallest absolute Gasteiger partial charge is 0.319 e. The maximum atomic E-state index is 11.9. The Morgan fingerprint density at radius 1 is 1.38 bits per heavy atom. The third-order valence-electron chi connectivity index (χ3n) is 3.63. The Morgan fingerprint density at radius 3 is 2.81 bits per heavy atom. The summed E-state index contributed by atoms with van der Waals surface area (Å²) in [6.07, 6.45) is 5.03. The standard InChI is InChI=1S/C17H22N2O2/c1-13-12-16(10-9-14(13)6-4-5-11-20)19-17(21)18-15-7-2-3-8-15/h9-10,12,15,20H,2-3,5,7-8,11H2,1H3,(H2,18,19,21). The highest BCUT2D eigenvalue weighted by atomic mass is 16.2. The van der Waals surface area contributed by atoms with Crippen LogP contribution in [-0.2, 0) is 0 Å². The Bertz CT molecular complexity index is 552. The summed E-state index contributed by atoms with van der Waals surface area (Å²) in [6, 6.07) is 5.84. The van der Waals surface area contributed by atoms with Crippen LogP contribution in [0.3, 0.4) is 0 Å². The van der Waals surface area contributed by atoms with Gasteiger partial charge in [-0.2, -0.15) is 0 Å². The number of rotatable bonds is 3. The van der Waals surface area contributed by atoms with Crippen LogP contribution in [0.2, 0.25) is 0 Å². The number of carbonyl (C=O) groups is 1. The van der Waals surface area contributed by atoms with Gasteiger partial charge in [0.25, 0.3) is 0 Å². The molecule has 0 spiro atoms. The number of hydrogen-bond donors (Lipinski definition) is 3. The zero-order chi connectivity index (χ0) is 15.1. The second-order valence-electron chi connectivity index (χ2n) is 5.38. The van der Waals surface area contributed by atoms with Gasteiger partial charge in [-0.1, -0.05) is 24.7 Å². The van der Waals surface area contributed by atoms with Crippen molar-refractivity contribution in [3.8, 4) is 11.8 Å². The number of hydrogen-bond acceptors (Lipinski definition) is 2. The van der Waals surface area contributed by atoms with Crippen LogP contribution in [0.4, 0.5) is 10.5 Å². The summed E-state index contributed by atoms with van der Waals surface area (Å²) in [5.41, 5.74) is 2.71. The molecular weight excluding hydrogens is 264 g/mol. The average molecular weight is 286 g/mol. The molecule has 4 heteroatoms. The minimum absolute atomic E-state index is 0.0764. The zero-order valence-electron chi connectivity index (χ0n) is 12.4. The molecule has 21 heavy (non-hydrogen) atoms. The van der Waals surface area contributed by atoms with Crippen molar-refractivity contribution in [3.63, 3.8) is 0 Å². The van der Waals surface area contributed by atoms with Gasteiger partial charge in [0.2, 0.25) is 0 Å². The highest BCUT2D eigenvalue weighted by Crippen LogP contribution is 2.18. The van der Waals surface area contributed by atoms with E-state index in [2.05, 4.69) is 22.5 Å². The Morgan fingerprint density at radius 2 is 2.14 bits per heavy atom. The van der Waals surface area contributed by atoms with Crippen LogP contribution in [0, 0.1) is 18.8 Å². The first kappa shape index (κ1) is 15.4. The molecule has 1 aromatic rings. The van der Waals surface area contributed by atoms with E-state index in [0.29, 0.717) is 12.5 Å². The molecule has 0 aliphatic heterocycles. The maximum absolute atomic E-state index is 11.9. The van der Waals surface area contributed by atoms with Crippen molar-refractivity contribution < 1.29 is 9.90 Å². The molecule has 0 unspecified atom stereocenters. The summed E-state index contributed by atoms with van der Waals surface area (Å²) >= 11 is 0. The molecule has 0 bridgehead atoms. The van der Waals surface area contributed by atoms with Crippen molar-refractivity contribution in [3.05, 3.63) is 29.3 Å². The van der Waals surface area contributed by atoms with E-state index in [1.807, 2.05) is 25.1 Å². The summed E-state index contributed by atoms with van der Waals surface area (Å²) in [5.74, 6) is 5.92. The van der Waals surface area contributed by atoms with E-state index in [1.165, 1.54) is 12.8 Å². The molecule has 0 aromatic heterocycles. The summed E-state index contributed by atoms with van der Waals surface area (Å²) < 4.78 is 0. The Kier molecular flexibility index (Phi) is 5.65. The van der Waals surface area contributed by atoms with Crippen molar-refractivity contribution >= 4 is 11.7 Å². The van der Waals surface area contributed by atoms with Crippen LogP contribution in [0.15, 0.2) is 18.2 Å². The maximum Gasteiger partial charge on any atom is 0.319 e. The molecule has 2 amide bonds. The number of nitrogens with one attached hydrogen (secondary N) is 2. The zero-order valence-corrected chi connectivity index (χ0v) is 12.4. The summed E-state index contributed by atoms with van der Waals surface area (Å²) in [7, 11) is 0. The average Bonchev–Trinajstić information content (AvgIpc) is 2.94. The number of benzene rings is 1. The molecule has 0 saturated heterocycles. The molecule has 112 valence electrons. The molecule has 1 aliphatic carbocycles. The van der Waals surface area contributed by atoms with E-state index in [4.69, 9.17) is 5.11 Å². The first-order valence-corrected chi connectivity index (χ1v) is 7.47. The van der Waals surface area contributed by atoms with E-state index in [9.17, 15) is 4.79 Å². The van der Waals surface area contributed by atoms with E-state index < -0.39 is 0 Å². The van der Waals surface area contributed by atoms with E-state index in [0.717, 1.165) is 29.7 Å². The van der Waals surface area contributed by atoms with Gasteiger partial charge in [-0.15, -0.1) is 0 Å². The van der Waals surface area contributed by atoms with Gasteiger partial charge in [0.05, 0.1) is 6.61 Å². The largest absolute Gasteiger partial charge is 0.395 e. The van der Waals surface area contributed by atoms with Crippen LogP contribution in [-0.4, -0.2) is 23.8 Å². The highest BCUT2D eigenvalue weighted by Gasteiger charge is 2.16. The topological polar surface area (TPSA) is 61.4 Å². The van der Waals surface area contributed by atoms with Gasteiger partial charge in [-0.3, -0.25) is 0 Å². The van der Waals surface area contributed by atoms with Crippen LogP contribution >= 0.6 is 0 Å². The first-order valence-electron chi connectivity index (χ1n) is 7.47. The molecule has 2 rings (SSSR count). The molecule has 1 saturated carbocycles. The lowest BCUT2D eigenvalue weighted by atomic mass is 10.1. The van der Waals surface area contributed by atoms with Gasteiger partial charge in [0, 0.05) is 23.7 Å². The predicted octanol–water partition coefficient (Wildman–Crippen LogP) is 2.79. The number of carbonyl (C=O) groups excluding carboxylic acids is 1. The van der Waals surface area contributed by atoms with Crippen LogP contribution in [0.25, 0.3) is 0 Å².